The molecule has 0 aliphatic carbocycles. The Kier molecular flexibility index (Phi) is 8.69. The Labute approximate surface area is 233 Å². The molecule has 0 radical (unpaired) electrons. The minimum atomic E-state index is -0.570. The summed E-state index contributed by atoms with van der Waals surface area (Å²) in [4.78, 5) is 12.5. The number of aromatic amines is 1. The van der Waals surface area contributed by atoms with Gasteiger partial charge in [-0.2, -0.15) is 0 Å². The highest BCUT2D eigenvalue weighted by Gasteiger charge is 2.17. The smallest absolute Gasteiger partial charge is 0.205 e. The number of nitrogens with zero attached hydrogens (tertiary/aromatic N) is 2. The van der Waals surface area contributed by atoms with Crippen molar-refractivity contribution in [2.75, 3.05) is 0 Å². The standard InChI is InChI=1S/C16H23NOS.C15H22N2S/c1-15(2,3)11-7-8-12-13(9-11)18-14(17-12)10-19-16(4,5)6;1-10(2)11-6-7-12-13(8-11)17-14(16-12)9-18-15(3,4)5/h7-9H,10H2,1-6H3;6-8,10H,9H2,1-5H3,(H,16,17)/i;10T. The van der Waals surface area contributed by atoms with E-state index < -0.39 is 5.89 Å². The monoisotopic (exact) mass is 541 g/mol. The summed E-state index contributed by atoms with van der Waals surface area (Å²) in [7, 11) is 0. The summed E-state index contributed by atoms with van der Waals surface area (Å²) >= 11 is 3.74. The first kappa shape index (κ1) is 28.1. The van der Waals surface area contributed by atoms with E-state index in [1.54, 1.807) is 0 Å². The SMILES string of the molecule is CC(C)(C)SCc1nc2ccc(C(C)(C)C)cc2o1.[3H]C(C)(C)c1ccc2nc(CSC(C)(C)C)[nH]c2c1. The van der Waals surface area contributed by atoms with E-state index in [9.17, 15) is 0 Å². The fraction of sp³-hybridized carbons (Fsp3) is 0.548. The minimum Gasteiger partial charge on any atom is -0.440 e. The van der Waals surface area contributed by atoms with Gasteiger partial charge in [0.15, 0.2) is 5.58 Å². The van der Waals surface area contributed by atoms with Crippen LogP contribution in [0.3, 0.4) is 0 Å². The second-order valence-corrected chi connectivity index (χ2v) is 16.4. The maximum atomic E-state index is 8.08. The second-order valence-electron chi connectivity index (χ2n) is 12.8. The zero-order chi connectivity index (χ0) is 28.5. The molecule has 0 amide bonds. The van der Waals surface area contributed by atoms with Crippen LogP contribution in [0.25, 0.3) is 22.1 Å². The Morgan fingerprint density at radius 2 is 1.46 bits per heavy atom. The number of nitrogens with one attached hydrogen (secondary N) is 1. The molecular formula is C31H45N3OS2. The lowest BCUT2D eigenvalue weighted by Gasteiger charge is -2.18. The van der Waals surface area contributed by atoms with Gasteiger partial charge in [0.25, 0.3) is 0 Å². The van der Waals surface area contributed by atoms with Crippen LogP contribution >= 0.6 is 23.5 Å². The van der Waals surface area contributed by atoms with Crippen LogP contribution in [-0.2, 0) is 16.9 Å². The van der Waals surface area contributed by atoms with Crippen LogP contribution in [0, 0.1) is 0 Å². The molecule has 2 aromatic heterocycles. The van der Waals surface area contributed by atoms with E-state index in [1.165, 1.54) is 5.56 Å². The number of aromatic nitrogens is 3. The predicted octanol–water partition coefficient (Wildman–Crippen LogP) is 9.87. The largest absolute Gasteiger partial charge is 0.440 e. The first-order chi connectivity index (χ1) is 17.3. The molecule has 0 spiro atoms. The van der Waals surface area contributed by atoms with Gasteiger partial charge in [-0.1, -0.05) is 88.3 Å². The fourth-order valence-corrected chi connectivity index (χ4v) is 4.89. The van der Waals surface area contributed by atoms with Crippen LogP contribution in [0.2, 0.25) is 0 Å². The first-order valence-corrected chi connectivity index (χ1v) is 14.9. The number of H-pyrrole nitrogens is 1. The summed E-state index contributed by atoms with van der Waals surface area (Å²) < 4.78 is 14.4. The zero-order valence-electron chi connectivity index (χ0n) is 25.5. The summed E-state index contributed by atoms with van der Waals surface area (Å²) in [5, 5.41) is 0. The average Bonchev–Trinajstić information content (AvgIpc) is 3.36. The van der Waals surface area contributed by atoms with Gasteiger partial charge in [-0.15, -0.1) is 23.5 Å². The molecule has 4 nitrogen and oxygen atoms in total. The van der Waals surface area contributed by atoms with Gasteiger partial charge in [0.1, 0.15) is 11.3 Å². The molecule has 0 saturated carbocycles. The molecule has 0 aliphatic rings. The molecule has 1 N–H and O–H groups in total. The number of thioether (sulfide) groups is 2. The third-order valence-corrected chi connectivity index (χ3v) is 8.22. The molecule has 202 valence electrons. The van der Waals surface area contributed by atoms with Gasteiger partial charge in [-0.3, -0.25) is 0 Å². The highest BCUT2D eigenvalue weighted by molar-refractivity contribution is 8.00. The van der Waals surface area contributed by atoms with Crippen LogP contribution in [-0.4, -0.2) is 24.4 Å². The summed E-state index contributed by atoms with van der Waals surface area (Å²) in [6.07, 6.45) is 0. The molecule has 37 heavy (non-hydrogen) atoms. The number of fused-ring (bicyclic) bond motifs is 2. The van der Waals surface area contributed by atoms with Crippen molar-refractivity contribution in [3.63, 3.8) is 0 Å². The lowest BCUT2D eigenvalue weighted by Crippen LogP contribution is -2.10. The van der Waals surface area contributed by atoms with Gasteiger partial charge in [0, 0.05) is 10.9 Å². The molecular weight excluding hydrogens is 494 g/mol. The summed E-state index contributed by atoms with van der Waals surface area (Å²) in [5.74, 6) is 2.97. The van der Waals surface area contributed by atoms with Gasteiger partial charge in [-0.05, 0) is 46.7 Å². The molecule has 0 aliphatic heterocycles. The molecule has 6 heteroatoms. The van der Waals surface area contributed by atoms with Crippen LogP contribution < -0.4 is 0 Å². The maximum absolute atomic E-state index is 8.08. The lowest BCUT2D eigenvalue weighted by atomic mass is 9.87. The average molecular weight is 542 g/mol. The number of hydrogen-bond donors (Lipinski definition) is 1. The van der Waals surface area contributed by atoms with Crippen LogP contribution in [0.15, 0.2) is 40.8 Å². The first-order valence-electron chi connectivity index (χ1n) is 13.5. The molecule has 0 bridgehead atoms. The Bertz CT molecular complexity index is 1260. The summed E-state index contributed by atoms with van der Waals surface area (Å²) in [6.45, 7) is 23.7. The van der Waals surface area contributed by atoms with E-state index in [-0.39, 0.29) is 14.9 Å². The molecule has 0 fully saturated rings. The highest BCUT2D eigenvalue weighted by Crippen LogP contribution is 2.31. The molecule has 4 aromatic rings. The van der Waals surface area contributed by atoms with E-state index >= 15 is 0 Å². The summed E-state index contributed by atoms with van der Waals surface area (Å²) in [6, 6.07) is 12.4. The van der Waals surface area contributed by atoms with Crippen LogP contribution in [0.4, 0.5) is 0 Å². The van der Waals surface area contributed by atoms with Crippen molar-refractivity contribution in [1.29, 1.82) is 0 Å². The third-order valence-electron chi connectivity index (χ3n) is 5.68. The molecule has 0 atom stereocenters. The minimum absolute atomic E-state index is 0.140. The number of oxazole rings is 1. The topological polar surface area (TPSA) is 54.7 Å². The van der Waals surface area contributed by atoms with E-state index in [0.717, 1.165) is 50.9 Å². The van der Waals surface area contributed by atoms with Gasteiger partial charge < -0.3 is 9.40 Å². The van der Waals surface area contributed by atoms with Gasteiger partial charge in [0.05, 0.1) is 22.5 Å². The lowest BCUT2D eigenvalue weighted by molar-refractivity contribution is 0.550. The zero-order valence-corrected chi connectivity index (χ0v) is 26.1. The second kappa shape index (κ2) is 11.4. The van der Waals surface area contributed by atoms with Crippen molar-refractivity contribution in [3.05, 3.63) is 59.2 Å². The number of rotatable bonds is 5. The molecule has 0 saturated heterocycles. The molecule has 4 rings (SSSR count). The van der Waals surface area contributed by atoms with Crippen molar-refractivity contribution in [3.8, 4) is 0 Å². The fourth-order valence-electron chi connectivity index (χ4n) is 3.51. The van der Waals surface area contributed by atoms with Crippen molar-refractivity contribution in [1.82, 2.24) is 15.0 Å². The number of imidazole rings is 1. The maximum Gasteiger partial charge on any atom is 0.205 e. The van der Waals surface area contributed by atoms with Crippen molar-refractivity contribution >= 4 is 45.7 Å². The Morgan fingerprint density at radius 3 is 2.05 bits per heavy atom. The highest BCUT2D eigenvalue weighted by atomic mass is 32.2. The number of hydrogen-bond acceptors (Lipinski definition) is 5. The Hall–Kier alpha value is -1.92. The van der Waals surface area contributed by atoms with E-state index in [0.29, 0.717) is 0 Å². The van der Waals surface area contributed by atoms with Gasteiger partial charge in [-0.25, -0.2) is 9.97 Å². The van der Waals surface area contributed by atoms with E-state index in [2.05, 4.69) is 95.5 Å². The molecule has 0 unspecified atom stereocenters. The molecule has 2 aromatic carbocycles. The predicted molar refractivity (Wildman–Crippen MR) is 165 cm³/mol. The Morgan fingerprint density at radius 1 is 0.838 bits per heavy atom. The van der Waals surface area contributed by atoms with Crippen molar-refractivity contribution < 1.29 is 5.79 Å². The van der Waals surface area contributed by atoms with Crippen molar-refractivity contribution in [2.45, 2.75) is 108 Å². The van der Waals surface area contributed by atoms with Gasteiger partial charge >= 0.3 is 0 Å². The normalized spacial score (nSPS) is 13.5. The van der Waals surface area contributed by atoms with E-state index in [4.69, 9.17) is 5.79 Å². The van der Waals surface area contributed by atoms with Crippen molar-refractivity contribution in [2.24, 2.45) is 0 Å². The summed E-state index contributed by atoms with van der Waals surface area (Å²) in [5.41, 5.74) is 6.31. The Balaban J connectivity index is 0.000000211. The third kappa shape index (κ3) is 9.10. The quantitative estimate of drug-likeness (QED) is 0.272. The van der Waals surface area contributed by atoms with Gasteiger partial charge in [0.2, 0.25) is 5.89 Å². The van der Waals surface area contributed by atoms with Crippen LogP contribution in [0.1, 0.15) is 106 Å². The molecule has 2 heterocycles. The number of benzene rings is 2. The van der Waals surface area contributed by atoms with Crippen LogP contribution in [0.5, 0.6) is 0 Å². The van der Waals surface area contributed by atoms with E-state index in [1.807, 2.05) is 55.6 Å².